The second-order valence-electron chi connectivity index (χ2n) is 7.81. The summed E-state index contributed by atoms with van der Waals surface area (Å²) in [5, 5.41) is 3.90. The fourth-order valence-electron chi connectivity index (χ4n) is 3.89. The maximum Gasteiger partial charge on any atom is 0.242 e. The lowest BCUT2D eigenvalue weighted by molar-refractivity contribution is -0.131. The van der Waals surface area contributed by atoms with Gasteiger partial charge in [-0.3, -0.25) is 14.4 Å². The van der Waals surface area contributed by atoms with Gasteiger partial charge in [0.05, 0.1) is 5.92 Å². The van der Waals surface area contributed by atoms with Crippen molar-refractivity contribution in [2.24, 2.45) is 5.92 Å². The third kappa shape index (κ3) is 4.44. The van der Waals surface area contributed by atoms with Gasteiger partial charge in [0.2, 0.25) is 17.7 Å². The number of hydrogen-bond donors (Lipinski definition) is 1. The second-order valence-corrected chi connectivity index (χ2v) is 7.81. The Hall–Kier alpha value is -2.83. The maximum atomic E-state index is 12.6. The molecule has 1 aromatic carbocycles. The molecule has 0 unspecified atom stereocenters. The van der Waals surface area contributed by atoms with Crippen LogP contribution in [0.25, 0.3) is 10.9 Å². The van der Waals surface area contributed by atoms with E-state index < -0.39 is 0 Å². The van der Waals surface area contributed by atoms with Crippen LogP contribution in [0.4, 0.5) is 5.69 Å². The van der Waals surface area contributed by atoms with Gasteiger partial charge in [-0.05, 0) is 52.0 Å². The number of benzene rings is 1. The first-order valence-corrected chi connectivity index (χ1v) is 10.3. The van der Waals surface area contributed by atoms with Gasteiger partial charge in [0, 0.05) is 54.9 Å². The average Bonchev–Trinajstić information content (AvgIpc) is 3.26. The lowest BCUT2D eigenvalue weighted by Crippen LogP contribution is -2.33. The standard InChI is InChI=1S/C22H30N4O3/c1-5-24(6-2)21(28)14-25-10-9-16-11-18(7-8-19(16)25)23-22(29)17-12-20(27)26(13-17)15(3)4/h7-11,15,17H,5-6,12-14H2,1-4H3,(H,23,29)/t17-/m1/s1. The van der Waals surface area contributed by atoms with Gasteiger partial charge in [-0.1, -0.05) is 0 Å². The highest BCUT2D eigenvalue weighted by atomic mass is 16.2. The summed E-state index contributed by atoms with van der Waals surface area (Å²) in [5.74, 6) is -0.329. The van der Waals surface area contributed by atoms with E-state index in [0.717, 1.165) is 10.9 Å². The van der Waals surface area contributed by atoms with Crippen molar-refractivity contribution in [1.29, 1.82) is 0 Å². The van der Waals surface area contributed by atoms with Crippen LogP contribution < -0.4 is 5.32 Å². The van der Waals surface area contributed by atoms with Crippen molar-refractivity contribution in [2.45, 2.75) is 46.7 Å². The van der Waals surface area contributed by atoms with Crippen molar-refractivity contribution in [3.8, 4) is 0 Å². The summed E-state index contributed by atoms with van der Waals surface area (Å²) in [5.41, 5.74) is 1.65. The summed E-state index contributed by atoms with van der Waals surface area (Å²) in [6.45, 7) is 10.0. The van der Waals surface area contributed by atoms with Crippen LogP contribution in [0.5, 0.6) is 0 Å². The van der Waals surface area contributed by atoms with Crippen LogP contribution in [-0.2, 0) is 20.9 Å². The number of fused-ring (bicyclic) bond motifs is 1. The molecule has 7 nitrogen and oxygen atoms in total. The first-order valence-electron chi connectivity index (χ1n) is 10.3. The number of nitrogens with zero attached hydrogens (tertiary/aromatic N) is 3. The minimum atomic E-state index is -0.322. The van der Waals surface area contributed by atoms with Gasteiger partial charge in [0.1, 0.15) is 6.54 Å². The zero-order valence-corrected chi connectivity index (χ0v) is 17.6. The molecular formula is C22H30N4O3. The van der Waals surface area contributed by atoms with Crippen LogP contribution in [0.1, 0.15) is 34.1 Å². The Kier molecular flexibility index (Phi) is 6.25. The molecule has 29 heavy (non-hydrogen) atoms. The summed E-state index contributed by atoms with van der Waals surface area (Å²) < 4.78 is 1.93. The molecule has 1 fully saturated rings. The van der Waals surface area contributed by atoms with E-state index in [1.54, 1.807) is 4.90 Å². The van der Waals surface area contributed by atoms with E-state index in [0.29, 0.717) is 31.9 Å². The molecule has 2 heterocycles. The van der Waals surface area contributed by atoms with E-state index in [-0.39, 0.29) is 36.1 Å². The summed E-state index contributed by atoms with van der Waals surface area (Å²) >= 11 is 0. The van der Waals surface area contributed by atoms with Crippen molar-refractivity contribution < 1.29 is 14.4 Å². The molecule has 1 aliphatic heterocycles. The highest BCUT2D eigenvalue weighted by Gasteiger charge is 2.35. The van der Waals surface area contributed by atoms with Gasteiger partial charge in [-0.15, -0.1) is 0 Å². The third-order valence-corrected chi connectivity index (χ3v) is 5.61. The van der Waals surface area contributed by atoms with E-state index in [4.69, 9.17) is 0 Å². The molecule has 1 aliphatic rings. The van der Waals surface area contributed by atoms with E-state index in [2.05, 4.69) is 5.32 Å². The van der Waals surface area contributed by atoms with Crippen LogP contribution in [0.3, 0.4) is 0 Å². The molecule has 3 rings (SSSR count). The van der Waals surface area contributed by atoms with Crippen LogP contribution in [0.2, 0.25) is 0 Å². The summed E-state index contributed by atoms with van der Waals surface area (Å²) in [4.78, 5) is 40.6. The van der Waals surface area contributed by atoms with Crippen molar-refractivity contribution in [2.75, 3.05) is 25.0 Å². The van der Waals surface area contributed by atoms with Crippen molar-refractivity contribution >= 4 is 34.3 Å². The first kappa shape index (κ1) is 20.9. The Bertz CT molecular complexity index is 914. The average molecular weight is 399 g/mol. The predicted octanol–water partition coefficient (Wildman–Crippen LogP) is 2.71. The fraction of sp³-hybridized carbons (Fsp3) is 0.500. The van der Waals surface area contributed by atoms with Crippen LogP contribution in [0, 0.1) is 5.92 Å². The molecule has 0 bridgehead atoms. The van der Waals surface area contributed by atoms with Crippen LogP contribution >= 0.6 is 0 Å². The van der Waals surface area contributed by atoms with Gasteiger partial charge in [0.15, 0.2) is 0 Å². The quantitative estimate of drug-likeness (QED) is 0.779. The number of hydrogen-bond acceptors (Lipinski definition) is 3. The van der Waals surface area contributed by atoms with Gasteiger partial charge in [0.25, 0.3) is 0 Å². The fourth-order valence-corrected chi connectivity index (χ4v) is 3.89. The number of amides is 3. The van der Waals surface area contributed by atoms with E-state index in [1.807, 2.05) is 67.6 Å². The normalized spacial score (nSPS) is 16.7. The largest absolute Gasteiger partial charge is 0.342 e. The summed E-state index contributed by atoms with van der Waals surface area (Å²) in [7, 11) is 0. The molecule has 1 saturated heterocycles. The molecule has 156 valence electrons. The predicted molar refractivity (Wildman–Crippen MR) is 113 cm³/mol. The molecular weight excluding hydrogens is 368 g/mol. The lowest BCUT2D eigenvalue weighted by Gasteiger charge is -2.20. The number of aromatic nitrogens is 1. The van der Waals surface area contributed by atoms with E-state index in [9.17, 15) is 14.4 Å². The third-order valence-electron chi connectivity index (χ3n) is 5.61. The minimum Gasteiger partial charge on any atom is -0.342 e. The number of anilines is 1. The second kappa shape index (κ2) is 8.68. The Morgan fingerprint density at radius 2 is 1.93 bits per heavy atom. The molecule has 1 aromatic heterocycles. The molecule has 2 aromatic rings. The number of rotatable bonds is 7. The molecule has 1 atom stereocenters. The van der Waals surface area contributed by atoms with Gasteiger partial charge in [-0.25, -0.2) is 0 Å². The zero-order valence-electron chi connectivity index (χ0n) is 17.6. The van der Waals surface area contributed by atoms with Crippen LogP contribution in [0.15, 0.2) is 30.5 Å². The monoisotopic (exact) mass is 398 g/mol. The Balaban J connectivity index is 1.69. The Labute approximate surface area is 171 Å². The molecule has 3 amide bonds. The SMILES string of the molecule is CCN(CC)C(=O)Cn1ccc2cc(NC(=O)[C@@H]3CC(=O)N(C(C)C)C3)ccc21. The Morgan fingerprint density at radius 3 is 2.55 bits per heavy atom. The summed E-state index contributed by atoms with van der Waals surface area (Å²) in [6, 6.07) is 7.72. The topological polar surface area (TPSA) is 74.6 Å². The van der Waals surface area contributed by atoms with Crippen molar-refractivity contribution in [3.05, 3.63) is 30.5 Å². The molecule has 7 heteroatoms. The van der Waals surface area contributed by atoms with Gasteiger partial charge >= 0.3 is 0 Å². The van der Waals surface area contributed by atoms with Crippen LogP contribution in [-0.4, -0.2) is 57.8 Å². The maximum absolute atomic E-state index is 12.6. The highest BCUT2D eigenvalue weighted by molar-refractivity contribution is 5.98. The number of carbonyl (C=O) groups excluding carboxylic acids is 3. The minimum absolute atomic E-state index is 0.0329. The molecule has 0 spiro atoms. The molecule has 0 aliphatic carbocycles. The van der Waals surface area contributed by atoms with Crippen molar-refractivity contribution in [3.63, 3.8) is 0 Å². The van der Waals surface area contributed by atoms with Gasteiger partial charge < -0.3 is 19.7 Å². The zero-order chi connectivity index (χ0) is 21.1. The van der Waals surface area contributed by atoms with E-state index in [1.165, 1.54) is 0 Å². The molecule has 0 radical (unpaired) electrons. The molecule has 0 saturated carbocycles. The first-order chi connectivity index (χ1) is 13.8. The number of carbonyl (C=O) groups is 3. The van der Waals surface area contributed by atoms with E-state index >= 15 is 0 Å². The Morgan fingerprint density at radius 1 is 1.21 bits per heavy atom. The molecule has 1 N–H and O–H groups in total. The number of likely N-dealkylation sites (N-methyl/N-ethyl adjacent to an activating group) is 1. The van der Waals surface area contributed by atoms with Gasteiger partial charge in [-0.2, -0.15) is 0 Å². The highest BCUT2D eigenvalue weighted by Crippen LogP contribution is 2.24. The number of nitrogens with one attached hydrogen (secondary N) is 1. The number of likely N-dealkylation sites (tertiary alicyclic amines) is 1. The smallest absolute Gasteiger partial charge is 0.242 e. The van der Waals surface area contributed by atoms with Crippen molar-refractivity contribution in [1.82, 2.24) is 14.4 Å². The summed E-state index contributed by atoms with van der Waals surface area (Å²) in [6.07, 6.45) is 2.16. The lowest BCUT2D eigenvalue weighted by atomic mass is 10.1.